The van der Waals surface area contributed by atoms with E-state index in [2.05, 4.69) is 10.6 Å². The lowest BCUT2D eigenvalue weighted by Gasteiger charge is -2.37. The normalized spacial score (nSPS) is 23.0. The van der Waals surface area contributed by atoms with E-state index in [-0.39, 0.29) is 17.9 Å². The molecule has 1 aliphatic carbocycles. The van der Waals surface area contributed by atoms with Crippen molar-refractivity contribution in [2.24, 2.45) is 0 Å². The second kappa shape index (κ2) is 6.74. The van der Waals surface area contributed by atoms with Gasteiger partial charge in [0.15, 0.2) is 0 Å². The monoisotopic (exact) mass is 321 g/mol. The largest absolute Gasteiger partial charge is 0.388 e. The molecule has 126 valence electrons. The van der Waals surface area contributed by atoms with Gasteiger partial charge < -0.3 is 20.6 Å². The molecule has 2 amide bonds. The van der Waals surface area contributed by atoms with E-state index in [9.17, 15) is 14.3 Å². The number of aliphatic hydroxyl groups is 1. The predicted molar refractivity (Wildman–Crippen MR) is 87.0 cm³/mol. The van der Waals surface area contributed by atoms with Crippen molar-refractivity contribution >= 4 is 11.7 Å². The number of halogens is 1. The van der Waals surface area contributed by atoms with Crippen LogP contribution in [0.5, 0.6) is 0 Å². The fourth-order valence-electron chi connectivity index (χ4n) is 3.26. The summed E-state index contributed by atoms with van der Waals surface area (Å²) in [7, 11) is 0. The van der Waals surface area contributed by atoms with Crippen LogP contribution in [-0.4, -0.2) is 42.4 Å². The molecule has 0 aromatic heterocycles. The number of urea groups is 1. The molecule has 23 heavy (non-hydrogen) atoms. The number of carbonyl (C=O) groups excluding carboxylic acids is 1. The van der Waals surface area contributed by atoms with Crippen LogP contribution in [0.4, 0.5) is 14.9 Å². The Morgan fingerprint density at radius 2 is 2.13 bits per heavy atom. The summed E-state index contributed by atoms with van der Waals surface area (Å²) in [6.45, 7) is 1.68. The first-order valence-corrected chi connectivity index (χ1v) is 8.32. The first kappa shape index (κ1) is 16.1. The minimum atomic E-state index is -0.719. The predicted octanol–water partition coefficient (Wildman–Crippen LogP) is 2.01. The van der Waals surface area contributed by atoms with Crippen LogP contribution in [0.15, 0.2) is 24.3 Å². The molecule has 1 unspecified atom stereocenters. The van der Waals surface area contributed by atoms with Gasteiger partial charge in [-0.1, -0.05) is 12.1 Å². The fraction of sp³-hybridized carbons (Fsp3) is 0.588. The highest BCUT2D eigenvalue weighted by atomic mass is 19.1. The Labute approximate surface area is 135 Å². The zero-order chi connectivity index (χ0) is 16.3. The second-order valence-electron chi connectivity index (χ2n) is 6.64. The maximum atomic E-state index is 13.9. The molecular weight excluding hydrogens is 297 g/mol. The van der Waals surface area contributed by atoms with Gasteiger partial charge in [-0.25, -0.2) is 9.18 Å². The average molecular weight is 321 g/mol. The summed E-state index contributed by atoms with van der Waals surface area (Å²) in [6, 6.07) is 6.45. The highest BCUT2D eigenvalue weighted by Gasteiger charge is 2.34. The second-order valence-corrected chi connectivity index (χ2v) is 6.64. The van der Waals surface area contributed by atoms with Crippen LogP contribution in [-0.2, 0) is 0 Å². The van der Waals surface area contributed by atoms with Crippen LogP contribution in [0.25, 0.3) is 0 Å². The van der Waals surface area contributed by atoms with Crippen LogP contribution in [0.2, 0.25) is 0 Å². The van der Waals surface area contributed by atoms with Gasteiger partial charge in [-0.05, 0) is 44.2 Å². The minimum absolute atomic E-state index is 0.0145. The Hall–Kier alpha value is -1.82. The van der Waals surface area contributed by atoms with Crippen molar-refractivity contribution in [3.05, 3.63) is 30.1 Å². The molecule has 2 aliphatic rings. The molecular formula is C17H24FN3O2. The first-order valence-electron chi connectivity index (χ1n) is 8.32. The van der Waals surface area contributed by atoms with Crippen molar-refractivity contribution in [2.75, 3.05) is 24.5 Å². The van der Waals surface area contributed by atoms with Crippen LogP contribution in [0.3, 0.4) is 0 Å². The lowest BCUT2D eigenvalue weighted by Crippen LogP contribution is -2.54. The third-order valence-electron chi connectivity index (χ3n) is 4.81. The highest BCUT2D eigenvalue weighted by molar-refractivity contribution is 5.74. The molecule has 0 radical (unpaired) electrons. The molecule has 1 saturated heterocycles. The summed E-state index contributed by atoms with van der Waals surface area (Å²) in [6.07, 6.45) is 4.29. The van der Waals surface area contributed by atoms with Gasteiger partial charge >= 0.3 is 6.03 Å². The third kappa shape index (κ3) is 3.93. The van der Waals surface area contributed by atoms with E-state index in [0.717, 1.165) is 38.6 Å². The molecule has 1 aliphatic heterocycles. The van der Waals surface area contributed by atoms with Gasteiger partial charge in [-0.2, -0.15) is 0 Å². The molecule has 1 aromatic rings. The number of hydrogen-bond donors (Lipinski definition) is 3. The maximum absolute atomic E-state index is 13.9. The van der Waals surface area contributed by atoms with Crippen LogP contribution in [0.1, 0.15) is 32.1 Å². The van der Waals surface area contributed by atoms with Crippen molar-refractivity contribution in [1.29, 1.82) is 0 Å². The van der Waals surface area contributed by atoms with Crippen molar-refractivity contribution in [3.63, 3.8) is 0 Å². The van der Waals surface area contributed by atoms with Crippen molar-refractivity contribution < 1.29 is 14.3 Å². The Morgan fingerprint density at radius 3 is 2.83 bits per heavy atom. The number of benzene rings is 1. The van der Waals surface area contributed by atoms with Crippen LogP contribution < -0.4 is 15.5 Å². The molecule has 1 saturated carbocycles. The number of para-hydroxylation sites is 1. The van der Waals surface area contributed by atoms with Gasteiger partial charge in [0.25, 0.3) is 0 Å². The molecule has 5 nitrogen and oxygen atoms in total. The molecule has 1 aromatic carbocycles. The van der Waals surface area contributed by atoms with E-state index in [1.807, 2.05) is 11.0 Å². The summed E-state index contributed by atoms with van der Waals surface area (Å²) in [5.41, 5.74) is -0.133. The summed E-state index contributed by atoms with van der Waals surface area (Å²) in [4.78, 5) is 14.0. The molecule has 0 spiro atoms. The van der Waals surface area contributed by atoms with Gasteiger partial charge in [0.1, 0.15) is 5.82 Å². The smallest absolute Gasteiger partial charge is 0.315 e. The lowest BCUT2D eigenvalue weighted by atomic mass is 9.80. The first-order chi connectivity index (χ1) is 11.1. The van der Waals surface area contributed by atoms with E-state index in [1.165, 1.54) is 6.07 Å². The Morgan fingerprint density at radius 1 is 1.35 bits per heavy atom. The topological polar surface area (TPSA) is 64.6 Å². The van der Waals surface area contributed by atoms with Gasteiger partial charge in [0.05, 0.1) is 11.3 Å². The maximum Gasteiger partial charge on any atom is 0.315 e. The molecule has 1 atom stereocenters. The molecule has 1 heterocycles. The fourth-order valence-corrected chi connectivity index (χ4v) is 3.26. The van der Waals surface area contributed by atoms with Crippen LogP contribution >= 0.6 is 0 Å². The van der Waals surface area contributed by atoms with E-state index in [0.29, 0.717) is 18.8 Å². The van der Waals surface area contributed by atoms with Gasteiger partial charge in [0, 0.05) is 25.7 Å². The minimum Gasteiger partial charge on any atom is -0.388 e. The number of anilines is 1. The number of nitrogens with one attached hydrogen (secondary N) is 2. The average Bonchev–Trinajstić information content (AvgIpc) is 2.52. The molecule has 6 heteroatoms. The van der Waals surface area contributed by atoms with E-state index in [4.69, 9.17) is 0 Å². The molecule has 0 bridgehead atoms. The van der Waals surface area contributed by atoms with Gasteiger partial charge in [-0.15, -0.1) is 0 Å². The Kier molecular flexibility index (Phi) is 4.71. The van der Waals surface area contributed by atoms with Gasteiger partial charge in [0.2, 0.25) is 0 Å². The zero-order valence-electron chi connectivity index (χ0n) is 13.2. The summed E-state index contributed by atoms with van der Waals surface area (Å²) < 4.78 is 13.9. The number of carbonyl (C=O) groups is 1. The number of hydrogen-bond acceptors (Lipinski definition) is 3. The summed E-state index contributed by atoms with van der Waals surface area (Å²) in [5, 5.41) is 15.7. The summed E-state index contributed by atoms with van der Waals surface area (Å²) in [5.74, 6) is -0.232. The van der Waals surface area contributed by atoms with Crippen LogP contribution in [0, 0.1) is 5.82 Å². The van der Waals surface area contributed by atoms with Crippen molar-refractivity contribution in [3.8, 4) is 0 Å². The number of nitrogens with zero attached hydrogens (tertiary/aromatic N) is 1. The zero-order valence-corrected chi connectivity index (χ0v) is 13.2. The van der Waals surface area contributed by atoms with E-state index < -0.39 is 5.60 Å². The quantitative estimate of drug-likeness (QED) is 0.795. The van der Waals surface area contributed by atoms with Gasteiger partial charge in [-0.3, -0.25) is 0 Å². The summed E-state index contributed by atoms with van der Waals surface area (Å²) >= 11 is 0. The molecule has 2 fully saturated rings. The Bertz CT molecular complexity index is 563. The Balaban J connectivity index is 1.50. The highest BCUT2D eigenvalue weighted by Crippen LogP contribution is 2.30. The number of amides is 2. The molecule has 3 rings (SSSR count). The number of rotatable bonds is 4. The van der Waals surface area contributed by atoms with Crippen molar-refractivity contribution in [1.82, 2.24) is 10.6 Å². The lowest BCUT2D eigenvalue weighted by molar-refractivity contribution is -0.0290. The number of piperidine rings is 1. The third-order valence-corrected chi connectivity index (χ3v) is 4.81. The van der Waals surface area contributed by atoms with E-state index >= 15 is 0 Å². The van der Waals surface area contributed by atoms with E-state index in [1.54, 1.807) is 12.1 Å². The van der Waals surface area contributed by atoms with Crippen molar-refractivity contribution in [2.45, 2.75) is 43.7 Å². The SMILES string of the molecule is O=C(NCC1(O)CCC1)NC1CCCN(c2ccccc2F)C1. The standard InChI is InChI=1S/C17H24FN3O2/c18-14-6-1-2-7-15(14)21-10-3-5-13(11-21)20-16(22)19-12-17(23)8-4-9-17/h1-2,6-7,13,23H,3-5,8-12H2,(H2,19,20,22). The molecule has 3 N–H and O–H groups in total.